The van der Waals surface area contributed by atoms with Gasteiger partial charge in [-0.1, -0.05) is 12.1 Å². The molecule has 1 saturated heterocycles. The number of Topliss-reactive ketones (excluding diaryl/α,β-unsaturated/α-hetero) is 1. The van der Waals surface area contributed by atoms with E-state index in [0.717, 1.165) is 23.5 Å². The van der Waals surface area contributed by atoms with Crippen molar-refractivity contribution in [3.8, 4) is 11.5 Å². The van der Waals surface area contributed by atoms with E-state index in [9.17, 15) is 33.3 Å². The summed E-state index contributed by atoms with van der Waals surface area (Å²) in [7, 11) is 0. The van der Waals surface area contributed by atoms with Gasteiger partial charge in [0.15, 0.2) is 22.4 Å². The number of ketones is 1. The molecule has 2 aromatic rings. The molecule has 1 fully saturated rings. The van der Waals surface area contributed by atoms with Crippen molar-refractivity contribution >= 4 is 34.5 Å². The number of phenols is 2. The third-order valence-electron chi connectivity index (χ3n) is 4.21. The summed E-state index contributed by atoms with van der Waals surface area (Å²) < 4.78 is 41.2. The predicted molar refractivity (Wildman–Crippen MR) is 94.5 cm³/mol. The van der Waals surface area contributed by atoms with Crippen molar-refractivity contribution < 1.29 is 33.3 Å². The van der Waals surface area contributed by atoms with Crippen molar-refractivity contribution in [2.24, 2.45) is 5.92 Å². The Morgan fingerprint density at radius 3 is 2.48 bits per heavy atom. The third kappa shape index (κ3) is 3.33. The van der Waals surface area contributed by atoms with Crippen molar-refractivity contribution in [3.05, 3.63) is 46.2 Å². The molecule has 27 heavy (non-hydrogen) atoms. The number of aliphatic hydroxyl groups is 1. The molecule has 144 valence electrons. The maximum Gasteiger partial charge on any atom is 0.437 e. The van der Waals surface area contributed by atoms with Crippen LogP contribution in [0.3, 0.4) is 0 Å². The lowest BCUT2D eigenvalue weighted by atomic mass is 9.78. The summed E-state index contributed by atoms with van der Waals surface area (Å²) in [6.45, 7) is 0. The number of thiocarbonyl (C=S) groups is 1. The summed E-state index contributed by atoms with van der Waals surface area (Å²) in [5, 5.41) is 35.0. The smallest absolute Gasteiger partial charge is 0.437 e. The molecule has 0 unspecified atom stereocenters. The molecule has 3 rings (SSSR count). The van der Waals surface area contributed by atoms with Crippen LogP contribution in [0.2, 0.25) is 0 Å². The van der Waals surface area contributed by atoms with E-state index >= 15 is 0 Å². The van der Waals surface area contributed by atoms with Crippen molar-refractivity contribution in [2.75, 3.05) is 0 Å². The van der Waals surface area contributed by atoms with E-state index in [1.54, 1.807) is 5.32 Å². The van der Waals surface area contributed by atoms with Gasteiger partial charge < -0.3 is 26.0 Å². The highest BCUT2D eigenvalue weighted by Gasteiger charge is 2.65. The lowest BCUT2D eigenvalue weighted by molar-refractivity contribution is -0.285. The van der Waals surface area contributed by atoms with E-state index in [-0.39, 0.29) is 10.4 Å². The van der Waals surface area contributed by atoms with Crippen molar-refractivity contribution in [1.29, 1.82) is 0 Å². The van der Waals surface area contributed by atoms with Gasteiger partial charge in [0.1, 0.15) is 5.92 Å². The molecule has 1 aliphatic heterocycles. The van der Waals surface area contributed by atoms with Crippen LogP contribution in [-0.4, -0.2) is 38.1 Å². The van der Waals surface area contributed by atoms with Gasteiger partial charge in [-0.25, -0.2) is 0 Å². The zero-order valence-electron chi connectivity index (χ0n) is 13.3. The average Bonchev–Trinajstić information content (AvgIpc) is 3.09. The standard InChI is InChI=1S/C16H13F3N2O4S2/c17-16(18,19)15(25)11(13(24)10-2-1-5-27-10)12(20-14(26)21-15)7-3-4-8(22)9(23)6-7/h1-6,11-12,22-23,25H,(H2,20,21,26)/t11-,12-,15+/m0/s1. The van der Waals surface area contributed by atoms with Crippen LogP contribution in [0.1, 0.15) is 21.3 Å². The third-order valence-corrected chi connectivity index (χ3v) is 5.32. The summed E-state index contributed by atoms with van der Waals surface area (Å²) in [6.07, 6.45) is -5.23. The molecule has 1 aromatic carbocycles. The van der Waals surface area contributed by atoms with Gasteiger partial charge in [-0.2, -0.15) is 13.2 Å². The van der Waals surface area contributed by atoms with Crippen LogP contribution in [0.15, 0.2) is 35.7 Å². The molecule has 0 aliphatic carbocycles. The Hall–Kier alpha value is -2.37. The first-order chi connectivity index (χ1) is 12.5. The molecule has 2 heterocycles. The molecular weight excluding hydrogens is 405 g/mol. The second kappa shape index (κ2) is 6.66. The quantitative estimate of drug-likeness (QED) is 0.296. The number of aromatic hydroxyl groups is 2. The number of hydrogen-bond acceptors (Lipinski definition) is 6. The van der Waals surface area contributed by atoms with E-state index in [1.165, 1.54) is 23.6 Å². The normalized spacial score (nSPS) is 25.6. The largest absolute Gasteiger partial charge is 0.504 e. The first kappa shape index (κ1) is 19.4. The fourth-order valence-electron chi connectivity index (χ4n) is 2.92. The van der Waals surface area contributed by atoms with Crippen LogP contribution >= 0.6 is 23.6 Å². The lowest BCUT2D eigenvalue weighted by Gasteiger charge is -2.46. The number of carbonyl (C=O) groups is 1. The minimum atomic E-state index is -5.23. The van der Waals surface area contributed by atoms with Crippen LogP contribution < -0.4 is 10.6 Å². The highest BCUT2D eigenvalue weighted by atomic mass is 32.1. The zero-order valence-corrected chi connectivity index (χ0v) is 15.0. The molecule has 0 radical (unpaired) electrons. The van der Waals surface area contributed by atoms with Gasteiger partial charge in [0.25, 0.3) is 0 Å². The summed E-state index contributed by atoms with van der Waals surface area (Å²) in [6, 6.07) is 4.74. The highest BCUT2D eigenvalue weighted by molar-refractivity contribution is 7.80. The van der Waals surface area contributed by atoms with Crippen LogP contribution in [0.4, 0.5) is 13.2 Å². The molecule has 5 N–H and O–H groups in total. The number of nitrogens with one attached hydrogen (secondary N) is 2. The summed E-state index contributed by atoms with van der Waals surface area (Å²) in [5.74, 6) is -4.07. The first-order valence-corrected chi connectivity index (χ1v) is 8.81. The molecule has 11 heteroatoms. The van der Waals surface area contributed by atoms with E-state index in [0.29, 0.717) is 0 Å². The number of alkyl halides is 3. The number of phenolic OH excluding ortho intramolecular Hbond substituents is 2. The van der Waals surface area contributed by atoms with Crippen LogP contribution in [-0.2, 0) is 0 Å². The highest BCUT2D eigenvalue weighted by Crippen LogP contribution is 2.45. The Morgan fingerprint density at radius 1 is 1.22 bits per heavy atom. The minimum Gasteiger partial charge on any atom is -0.504 e. The molecular formula is C16H13F3N2O4S2. The number of carbonyl (C=O) groups excluding carboxylic acids is 1. The van der Waals surface area contributed by atoms with E-state index < -0.39 is 46.3 Å². The number of halogens is 3. The molecule has 0 spiro atoms. The molecule has 1 aliphatic rings. The Bertz CT molecular complexity index is 888. The zero-order chi connectivity index (χ0) is 20.0. The fourth-order valence-corrected chi connectivity index (χ4v) is 3.91. The minimum absolute atomic E-state index is 0.0205. The van der Waals surface area contributed by atoms with Crippen molar-refractivity contribution in [3.63, 3.8) is 0 Å². The maximum absolute atomic E-state index is 13.7. The second-order valence-corrected chi connectivity index (χ2v) is 7.26. The van der Waals surface area contributed by atoms with E-state index in [4.69, 9.17) is 12.2 Å². The van der Waals surface area contributed by atoms with E-state index in [1.807, 2.05) is 0 Å². The Balaban J connectivity index is 2.17. The Morgan fingerprint density at radius 2 is 1.93 bits per heavy atom. The number of thiophene rings is 1. The molecule has 0 bridgehead atoms. The van der Waals surface area contributed by atoms with Crippen LogP contribution in [0.5, 0.6) is 11.5 Å². The molecule has 1 aromatic heterocycles. The topological polar surface area (TPSA) is 102 Å². The average molecular weight is 418 g/mol. The van der Waals surface area contributed by atoms with Gasteiger partial charge in [0.2, 0.25) is 5.72 Å². The SMILES string of the molecule is O=C(c1cccs1)[C@@H]1[C@H](c2ccc(O)c(O)c2)NC(=S)N[C@]1(O)C(F)(F)F. The van der Waals surface area contributed by atoms with Crippen LogP contribution in [0.25, 0.3) is 0 Å². The number of hydrogen-bond donors (Lipinski definition) is 5. The van der Waals surface area contributed by atoms with Gasteiger partial charge in [-0.15, -0.1) is 11.3 Å². The second-order valence-electron chi connectivity index (χ2n) is 5.91. The predicted octanol–water partition coefficient (Wildman–Crippen LogP) is 2.43. The Labute approximate surface area is 160 Å². The molecule has 3 atom stereocenters. The van der Waals surface area contributed by atoms with Gasteiger partial charge in [0, 0.05) is 0 Å². The monoisotopic (exact) mass is 418 g/mol. The molecule has 0 saturated carbocycles. The van der Waals surface area contributed by atoms with Crippen molar-refractivity contribution in [2.45, 2.75) is 17.9 Å². The summed E-state index contributed by atoms with van der Waals surface area (Å²) >= 11 is 5.73. The lowest BCUT2D eigenvalue weighted by Crippen LogP contribution is -2.72. The molecule has 0 amide bonds. The summed E-state index contributed by atoms with van der Waals surface area (Å²) in [4.78, 5) is 12.9. The maximum atomic E-state index is 13.7. The van der Waals surface area contributed by atoms with Crippen LogP contribution in [0, 0.1) is 5.92 Å². The number of benzene rings is 1. The Kier molecular flexibility index (Phi) is 4.78. The summed E-state index contributed by atoms with van der Waals surface area (Å²) in [5.41, 5.74) is -3.60. The fraction of sp³-hybridized carbons (Fsp3) is 0.250. The van der Waals surface area contributed by atoms with E-state index in [2.05, 4.69) is 5.32 Å². The van der Waals surface area contributed by atoms with Crippen molar-refractivity contribution in [1.82, 2.24) is 10.6 Å². The van der Waals surface area contributed by atoms with Gasteiger partial charge in [0.05, 0.1) is 10.9 Å². The molecule has 6 nitrogen and oxygen atoms in total. The first-order valence-electron chi connectivity index (χ1n) is 7.52. The van der Waals surface area contributed by atoms with Gasteiger partial charge in [-0.05, 0) is 41.4 Å². The van der Waals surface area contributed by atoms with Gasteiger partial charge in [-0.3, -0.25) is 4.79 Å². The van der Waals surface area contributed by atoms with Gasteiger partial charge >= 0.3 is 6.18 Å². The number of rotatable bonds is 3.